The monoisotopic (exact) mass is 476 g/mol. The number of nitrogen functional groups attached to an aromatic ring is 1. The second kappa shape index (κ2) is 7.51. The molecule has 0 bridgehead atoms. The largest absolute Gasteiger partial charge is 0.398 e. The van der Waals surface area contributed by atoms with Crippen LogP contribution in [0.1, 0.15) is 5.56 Å². The Hall–Kier alpha value is -0.730. The van der Waals surface area contributed by atoms with Crippen LogP contribution in [0.5, 0.6) is 0 Å². The lowest BCUT2D eigenvalue weighted by molar-refractivity contribution is -0.113. The van der Waals surface area contributed by atoms with Gasteiger partial charge in [-0.15, -0.1) is 11.8 Å². The lowest BCUT2D eigenvalue weighted by Crippen LogP contribution is -2.15. The van der Waals surface area contributed by atoms with Crippen LogP contribution in [-0.2, 0) is 4.79 Å². The van der Waals surface area contributed by atoms with Crippen LogP contribution < -0.4 is 11.1 Å². The first-order valence-electron chi connectivity index (χ1n) is 6.19. The van der Waals surface area contributed by atoms with Gasteiger partial charge in [-0.1, -0.05) is 15.9 Å². The maximum absolute atomic E-state index is 12.0. The molecule has 1 amide bonds. The first-order chi connectivity index (χ1) is 9.95. The molecule has 2 aromatic carbocycles. The summed E-state index contributed by atoms with van der Waals surface area (Å²) in [7, 11) is 0. The number of aryl methyl sites for hydroxylation is 1. The number of hydrogen-bond acceptors (Lipinski definition) is 3. The number of rotatable bonds is 4. The lowest BCUT2D eigenvalue weighted by Gasteiger charge is -2.09. The van der Waals surface area contributed by atoms with Gasteiger partial charge in [0.2, 0.25) is 5.91 Å². The van der Waals surface area contributed by atoms with Crippen molar-refractivity contribution in [2.75, 3.05) is 16.8 Å². The van der Waals surface area contributed by atoms with Gasteiger partial charge < -0.3 is 11.1 Å². The van der Waals surface area contributed by atoms with Crippen LogP contribution >= 0.6 is 50.3 Å². The lowest BCUT2D eigenvalue weighted by atomic mass is 10.2. The predicted octanol–water partition coefficient (Wildman–Crippen LogP) is 4.68. The normalized spacial score (nSPS) is 10.4. The number of nitrogens with one attached hydrogen (secondary N) is 1. The van der Waals surface area contributed by atoms with E-state index in [1.165, 1.54) is 11.8 Å². The minimum atomic E-state index is -0.0383. The van der Waals surface area contributed by atoms with Crippen LogP contribution in [0, 0.1) is 10.5 Å². The molecule has 0 aliphatic heterocycles. The number of amides is 1. The molecule has 0 unspecified atom stereocenters. The summed E-state index contributed by atoms with van der Waals surface area (Å²) >= 11 is 7.08. The highest BCUT2D eigenvalue weighted by Gasteiger charge is 2.08. The van der Waals surface area contributed by atoms with Crippen LogP contribution in [0.3, 0.4) is 0 Å². The average molecular weight is 477 g/mol. The number of carbonyl (C=O) groups is 1. The molecule has 2 aromatic rings. The van der Waals surface area contributed by atoms with E-state index in [4.69, 9.17) is 5.73 Å². The molecule has 0 fully saturated rings. The van der Waals surface area contributed by atoms with Crippen LogP contribution in [0.4, 0.5) is 11.4 Å². The number of benzene rings is 2. The molecule has 3 nitrogen and oxygen atoms in total. The third-order valence-corrected chi connectivity index (χ3v) is 5.03. The first kappa shape index (κ1) is 16.6. The molecular formula is C15H14BrIN2OS. The summed E-state index contributed by atoms with van der Waals surface area (Å²) in [6.45, 7) is 1.98. The number of hydrogen-bond donors (Lipinski definition) is 2. The van der Waals surface area contributed by atoms with Crippen molar-refractivity contribution in [1.29, 1.82) is 0 Å². The third kappa shape index (κ3) is 4.89. The molecule has 0 aromatic heterocycles. The van der Waals surface area contributed by atoms with Crippen molar-refractivity contribution in [2.24, 2.45) is 0 Å². The van der Waals surface area contributed by atoms with E-state index in [2.05, 4.69) is 43.8 Å². The van der Waals surface area contributed by atoms with Crippen molar-refractivity contribution in [3.05, 3.63) is 50.0 Å². The Morgan fingerprint density at radius 3 is 2.81 bits per heavy atom. The second-order valence-electron chi connectivity index (χ2n) is 4.48. The molecule has 0 heterocycles. The van der Waals surface area contributed by atoms with E-state index in [-0.39, 0.29) is 5.91 Å². The van der Waals surface area contributed by atoms with Crippen molar-refractivity contribution in [3.63, 3.8) is 0 Å². The summed E-state index contributed by atoms with van der Waals surface area (Å²) in [6, 6.07) is 11.6. The number of halogens is 2. The zero-order valence-electron chi connectivity index (χ0n) is 11.3. The SMILES string of the molecule is Cc1cc(I)ccc1NC(=O)CSc1cc(Br)ccc1N. The number of anilines is 2. The molecule has 0 radical (unpaired) electrons. The van der Waals surface area contributed by atoms with Gasteiger partial charge in [-0.25, -0.2) is 0 Å². The standard InChI is InChI=1S/C15H14BrIN2OS/c1-9-6-11(17)3-5-13(9)19-15(20)8-21-14-7-10(16)2-4-12(14)18/h2-7H,8,18H2,1H3,(H,19,20). The van der Waals surface area contributed by atoms with Gasteiger partial charge in [-0.2, -0.15) is 0 Å². The molecular weight excluding hydrogens is 463 g/mol. The smallest absolute Gasteiger partial charge is 0.234 e. The van der Waals surface area contributed by atoms with Crippen molar-refractivity contribution < 1.29 is 4.79 Å². The van der Waals surface area contributed by atoms with Crippen LogP contribution in [0.15, 0.2) is 45.8 Å². The van der Waals surface area contributed by atoms with Crippen molar-refractivity contribution in [2.45, 2.75) is 11.8 Å². The van der Waals surface area contributed by atoms with Crippen LogP contribution in [0.25, 0.3) is 0 Å². The summed E-state index contributed by atoms with van der Waals surface area (Å²) in [6.07, 6.45) is 0. The number of thioether (sulfide) groups is 1. The average Bonchev–Trinajstić information content (AvgIpc) is 2.43. The van der Waals surface area contributed by atoms with Gasteiger partial charge in [0.25, 0.3) is 0 Å². The topological polar surface area (TPSA) is 55.1 Å². The second-order valence-corrected chi connectivity index (χ2v) is 7.66. The molecule has 2 rings (SSSR count). The maximum Gasteiger partial charge on any atom is 0.234 e. The highest BCUT2D eigenvalue weighted by atomic mass is 127. The first-order valence-corrected chi connectivity index (χ1v) is 9.05. The molecule has 6 heteroatoms. The zero-order chi connectivity index (χ0) is 15.4. The quantitative estimate of drug-likeness (QED) is 0.383. The molecule has 3 N–H and O–H groups in total. The third-order valence-electron chi connectivity index (χ3n) is 2.80. The van der Waals surface area contributed by atoms with Crippen molar-refractivity contribution in [1.82, 2.24) is 0 Å². The minimum absolute atomic E-state index is 0.0383. The van der Waals surface area contributed by atoms with Crippen LogP contribution in [-0.4, -0.2) is 11.7 Å². The van der Waals surface area contributed by atoms with E-state index >= 15 is 0 Å². The highest BCUT2D eigenvalue weighted by molar-refractivity contribution is 14.1. The fraction of sp³-hybridized carbons (Fsp3) is 0.133. The van der Waals surface area contributed by atoms with Crippen LogP contribution in [0.2, 0.25) is 0 Å². The van der Waals surface area contributed by atoms with Gasteiger partial charge >= 0.3 is 0 Å². The van der Waals surface area contributed by atoms with E-state index in [1.807, 2.05) is 43.3 Å². The van der Waals surface area contributed by atoms with E-state index in [0.717, 1.165) is 24.2 Å². The van der Waals surface area contributed by atoms with Gasteiger partial charge in [-0.05, 0) is 71.5 Å². The fourth-order valence-corrected chi connectivity index (χ4v) is 3.69. The summed E-state index contributed by atoms with van der Waals surface area (Å²) in [5, 5.41) is 2.93. The van der Waals surface area contributed by atoms with E-state index in [1.54, 1.807) is 0 Å². The van der Waals surface area contributed by atoms with E-state index in [0.29, 0.717) is 11.4 Å². The molecule has 0 atom stereocenters. The Labute approximate surface area is 150 Å². The van der Waals surface area contributed by atoms with E-state index in [9.17, 15) is 4.79 Å². The Kier molecular flexibility index (Phi) is 5.95. The zero-order valence-corrected chi connectivity index (χ0v) is 15.9. The van der Waals surface area contributed by atoms with Crippen molar-refractivity contribution >= 4 is 67.6 Å². The Morgan fingerprint density at radius 1 is 1.33 bits per heavy atom. The summed E-state index contributed by atoms with van der Waals surface area (Å²) in [5.74, 6) is 0.287. The summed E-state index contributed by atoms with van der Waals surface area (Å²) < 4.78 is 2.10. The van der Waals surface area contributed by atoms with Gasteiger partial charge in [0.15, 0.2) is 0 Å². The Bertz CT molecular complexity index is 679. The van der Waals surface area contributed by atoms with E-state index < -0.39 is 0 Å². The molecule has 0 aliphatic rings. The van der Waals surface area contributed by atoms with Gasteiger partial charge in [0, 0.05) is 24.3 Å². The molecule has 110 valence electrons. The number of nitrogens with two attached hydrogens (primary N) is 1. The molecule has 0 saturated carbocycles. The van der Waals surface area contributed by atoms with Crippen molar-refractivity contribution in [3.8, 4) is 0 Å². The Morgan fingerprint density at radius 2 is 2.10 bits per heavy atom. The van der Waals surface area contributed by atoms with Gasteiger partial charge in [0.1, 0.15) is 0 Å². The summed E-state index contributed by atoms with van der Waals surface area (Å²) in [5.41, 5.74) is 8.48. The minimum Gasteiger partial charge on any atom is -0.398 e. The molecule has 0 aliphatic carbocycles. The number of carbonyl (C=O) groups excluding carboxylic acids is 1. The molecule has 0 spiro atoms. The maximum atomic E-state index is 12.0. The fourth-order valence-electron chi connectivity index (χ4n) is 1.73. The predicted molar refractivity (Wildman–Crippen MR) is 102 cm³/mol. The molecule has 21 heavy (non-hydrogen) atoms. The summed E-state index contributed by atoms with van der Waals surface area (Å²) in [4.78, 5) is 12.9. The molecule has 0 saturated heterocycles. The van der Waals surface area contributed by atoms with Gasteiger partial charge in [-0.3, -0.25) is 4.79 Å². The highest BCUT2D eigenvalue weighted by Crippen LogP contribution is 2.28. The Balaban J connectivity index is 1.97. The van der Waals surface area contributed by atoms with Gasteiger partial charge in [0.05, 0.1) is 5.75 Å².